The molecule has 0 amide bonds. The molecule has 3 rings (SSSR count). The average Bonchev–Trinajstić information content (AvgIpc) is 2.37. The van der Waals surface area contributed by atoms with Crippen LogP contribution in [0.2, 0.25) is 0 Å². The second-order valence-corrected chi connectivity index (χ2v) is 4.84. The summed E-state index contributed by atoms with van der Waals surface area (Å²) < 4.78 is 0. The number of hydrogen-bond donors (Lipinski definition) is 0. The summed E-state index contributed by atoms with van der Waals surface area (Å²) in [7, 11) is 0. The summed E-state index contributed by atoms with van der Waals surface area (Å²) in [6.45, 7) is 4.29. The molecule has 0 radical (unpaired) electrons. The minimum atomic E-state index is 0.526. The van der Waals surface area contributed by atoms with Crippen molar-refractivity contribution in [2.75, 3.05) is 0 Å². The van der Waals surface area contributed by atoms with E-state index >= 15 is 0 Å². The summed E-state index contributed by atoms with van der Waals surface area (Å²) in [5.41, 5.74) is 2.57. The van der Waals surface area contributed by atoms with Crippen molar-refractivity contribution < 1.29 is 0 Å². The highest BCUT2D eigenvalue weighted by atomic mass is 15.2. The van der Waals surface area contributed by atoms with E-state index in [4.69, 9.17) is 0 Å². The second kappa shape index (κ2) is 4.29. The highest BCUT2D eigenvalue weighted by Gasteiger charge is 2.07. The molecule has 0 N–H and O–H groups in total. The van der Waals surface area contributed by atoms with E-state index in [9.17, 15) is 0 Å². The fourth-order valence-corrected chi connectivity index (χ4v) is 2.02. The first kappa shape index (κ1) is 11.0. The topological polar surface area (TPSA) is 51.6 Å². The molecule has 1 aromatic carbocycles. The number of benzene rings is 1. The van der Waals surface area contributed by atoms with Crippen molar-refractivity contribution in [3.8, 4) is 0 Å². The summed E-state index contributed by atoms with van der Waals surface area (Å²) in [6.07, 6.45) is 2.62. The molecule has 0 aliphatic rings. The smallest absolute Gasteiger partial charge is 0.151 e. The maximum Gasteiger partial charge on any atom is 0.151 e. The predicted octanol–water partition coefficient (Wildman–Crippen LogP) is 2.77. The number of fused-ring (bicyclic) bond motifs is 3. The molecule has 0 saturated heterocycles. The molecule has 0 spiro atoms. The summed E-state index contributed by atoms with van der Waals surface area (Å²) in [5, 5.41) is 9.52. The van der Waals surface area contributed by atoms with Crippen molar-refractivity contribution in [2.45, 2.75) is 20.3 Å². The lowest BCUT2D eigenvalue weighted by Crippen LogP contribution is -2.03. The molecule has 0 aliphatic heterocycles. The third kappa shape index (κ3) is 1.90. The quantitative estimate of drug-likeness (QED) is 0.644. The summed E-state index contributed by atoms with van der Waals surface area (Å²) in [4.78, 5) is 8.93. The molecule has 90 valence electrons. The number of pyridine rings is 1. The van der Waals surface area contributed by atoms with Crippen molar-refractivity contribution in [3.63, 3.8) is 0 Å². The number of nitrogens with zero attached hydrogens (tertiary/aromatic N) is 4. The summed E-state index contributed by atoms with van der Waals surface area (Å²) in [5.74, 6) is 1.31. The first-order valence-electron chi connectivity index (χ1n) is 6.11. The minimum Gasteiger partial charge on any atom is -0.254 e. The standard InChI is InChI=1S/C14H14N4/c1-9(2)7-13-16-12-8-15-11-6-4-3-5-10(11)14(12)18-17-13/h3-6,8-9H,7H2,1-2H3. The van der Waals surface area contributed by atoms with Gasteiger partial charge in [-0.05, 0) is 12.0 Å². The van der Waals surface area contributed by atoms with E-state index in [0.717, 1.165) is 34.2 Å². The molecular formula is C14H14N4. The molecule has 0 bridgehead atoms. The molecular weight excluding hydrogens is 224 g/mol. The van der Waals surface area contributed by atoms with Gasteiger partial charge in [0, 0.05) is 11.8 Å². The van der Waals surface area contributed by atoms with E-state index < -0.39 is 0 Å². The molecule has 4 heteroatoms. The molecule has 0 fully saturated rings. The van der Waals surface area contributed by atoms with Gasteiger partial charge in [-0.15, -0.1) is 10.2 Å². The maximum atomic E-state index is 4.53. The van der Waals surface area contributed by atoms with Gasteiger partial charge in [-0.1, -0.05) is 32.0 Å². The van der Waals surface area contributed by atoms with Crippen molar-refractivity contribution in [1.29, 1.82) is 0 Å². The predicted molar refractivity (Wildman–Crippen MR) is 71.2 cm³/mol. The van der Waals surface area contributed by atoms with Crippen LogP contribution in [0.15, 0.2) is 30.5 Å². The Kier molecular flexibility index (Phi) is 2.63. The van der Waals surface area contributed by atoms with Crippen LogP contribution in [0.5, 0.6) is 0 Å². The van der Waals surface area contributed by atoms with Gasteiger partial charge < -0.3 is 0 Å². The Hall–Kier alpha value is -2.10. The molecule has 2 heterocycles. The molecule has 0 aliphatic carbocycles. The molecule has 18 heavy (non-hydrogen) atoms. The van der Waals surface area contributed by atoms with Gasteiger partial charge in [0.25, 0.3) is 0 Å². The maximum absolute atomic E-state index is 4.53. The first-order valence-corrected chi connectivity index (χ1v) is 6.11. The van der Waals surface area contributed by atoms with Crippen LogP contribution in [0.1, 0.15) is 19.7 Å². The largest absolute Gasteiger partial charge is 0.254 e. The molecule has 0 saturated carbocycles. The monoisotopic (exact) mass is 238 g/mol. The van der Waals surface area contributed by atoms with Crippen LogP contribution in [0.25, 0.3) is 21.9 Å². The zero-order valence-electron chi connectivity index (χ0n) is 10.5. The summed E-state index contributed by atoms with van der Waals surface area (Å²) in [6, 6.07) is 7.92. The molecule has 2 aromatic heterocycles. The zero-order valence-corrected chi connectivity index (χ0v) is 10.5. The number of hydrogen-bond acceptors (Lipinski definition) is 4. The van der Waals surface area contributed by atoms with Crippen molar-refractivity contribution >= 4 is 21.9 Å². The van der Waals surface area contributed by atoms with Gasteiger partial charge in [0.2, 0.25) is 0 Å². The van der Waals surface area contributed by atoms with Crippen LogP contribution < -0.4 is 0 Å². The lowest BCUT2D eigenvalue weighted by molar-refractivity contribution is 0.615. The van der Waals surface area contributed by atoms with Gasteiger partial charge >= 0.3 is 0 Å². The van der Waals surface area contributed by atoms with Crippen LogP contribution in [-0.4, -0.2) is 20.2 Å². The molecule has 0 atom stereocenters. The Labute approximate surface area is 105 Å². The van der Waals surface area contributed by atoms with Crippen molar-refractivity contribution in [2.24, 2.45) is 5.92 Å². The van der Waals surface area contributed by atoms with Crippen molar-refractivity contribution in [1.82, 2.24) is 20.2 Å². The number of para-hydroxylation sites is 1. The van der Waals surface area contributed by atoms with E-state index in [1.54, 1.807) is 6.20 Å². The van der Waals surface area contributed by atoms with Crippen LogP contribution in [0.3, 0.4) is 0 Å². The highest BCUT2D eigenvalue weighted by Crippen LogP contribution is 2.19. The third-order valence-electron chi connectivity index (χ3n) is 2.83. The normalized spacial score (nSPS) is 11.5. The van der Waals surface area contributed by atoms with Gasteiger partial charge in [-0.25, -0.2) is 4.98 Å². The Morgan fingerprint density at radius 1 is 1.06 bits per heavy atom. The number of aromatic nitrogens is 4. The number of rotatable bonds is 2. The Morgan fingerprint density at radius 2 is 1.89 bits per heavy atom. The Morgan fingerprint density at radius 3 is 2.72 bits per heavy atom. The highest BCUT2D eigenvalue weighted by molar-refractivity contribution is 6.00. The lowest BCUT2D eigenvalue weighted by atomic mass is 10.1. The van der Waals surface area contributed by atoms with Gasteiger partial charge in [0.05, 0.1) is 11.7 Å². The fourth-order valence-electron chi connectivity index (χ4n) is 2.02. The molecule has 0 unspecified atom stereocenters. The molecule has 3 aromatic rings. The van der Waals surface area contributed by atoms with Crippen LogP contribution in [0.4, 0.5) is 0 Å². The lowest BCUT2D eigenvalue weighted by Gasteiger charge is -2.05. The van der Waals surface area contributed by atoms with Gasteiger partial charge in [0.15, 0.2) is 5.82 Å². The van der Waals surface area contributed by atoms with Gasteiger partial charge in [0.1, 0.15) is 11.0 Å². The summed E-state index contributed by atoms with van der Waals surface area (Å²) >= 11 is 0. The average molecular weight is 238 g/mol. The van der Waals surface area contributed by atoms with Gasteiger partial charge in [-0.3, -0.25) is 4.98 Å². The third-order valence-corrected chi connectivity index (χ3v) is 2.83. The van der Waals surface area contributed by atoms with Gasteiger partial charge in [-0.2, -0.15) is 0 Å². The van der Waals surface area contributed by atoms with Crippen LogP contribution in [-0.2, 0) is 6.42 Å². The Balaban J connectivity index is 2.21. The van der Waals surface area contributed by atoms with E-state index in [-0.39, 0.29) is 0 Å². The first-order chi connectivity index (χ1) is 8.74. The minimum absolute atomic E-state index is 0.526. The van der Waals surface area contributed by atoms with E-state index in [2.05, 4.69) is 34.0 Å². The van der Waals surface area contributed by atoms with Crippen LogP contribution >= 0.6 is 0 Å². The molecule has 4 nitrogen and oxygen atoms in total. The fraction of sp³-hybridized carbons (Fsp3) is 0.286. The van der Waals surface area contributed by atoms with E-state index in [1.807, 2.05) is 24.3 Å². The van der Waals surface area contributed by atoms with E-state index in [1.165, 1.54) is 0 Å². The second-order valence-electron chi connectivity index (χ2n) is 4.84. The Bertz CT molecular complexity index is 706. The van der Waals surface area contributed by atoms with Crippen molar-refractivity contribution in [3.05, 3.63) is 36.3 Å². The van der Waals surface area contributed by atoms with Crippen LogP contribution in [0, 0.1) is 5.92 Å². The zero-order chi connectivity index (χ0) is 12.5. The van der Waals surface area contributed by atoms with E-state index in [0.29, 0.717) is 5.92 Å². The SMILES string of the molecule is CC(C)Cc1nnc2c(cnc3ccccc32)n1.